The zero-order chi connectivity index (χ0) is 14.7. The van der Waals surface area contributed by atoms with Gasteiger partial charge in [0.25, 0.3) is 0 Å². The average Bonchev–Trinajstić information content (AvgIpc) is 3.01. The van der Waals surface area contributed by atoms with Gasteiger partial charge in [-0.3, -0.25) is 5.32 Å². The van der Waals surface area contributed by atoms with Crippen LogP contribution in [0, 0.1) is 0 Å². The molecule has 1 fully saturated rings. The van der Waals surface area contributed by atoms with Gasteiger partial charge in [0.15, 0.2) is 0 Å². The second kappa shape index (κ2) is 6.64. The van der Waals surface area contributed by atoms with Crippen molar-refractivity contribution in [3.8, 4) is 0 Å². The van der Waals surface area contributed by atoms with E-state index in [1.54, 1.807) is 6.07 Å². The minimum atomic E-state index is 0.130. The fraction of sp³-hybridized carbons (Fsp3) is 0.200. The Morgan fingerprint density at radius 1 is 1.14 bits per heavy atom. The van der Waals surface area contributed by atoms with Gasteiger partial charge < -0.3 is 5.32 Å². The molecule has 0 amide bonds. The zero-order valence-corrected chi connectivity index (χ0v) is 12.8. The summed E-state index contributed by atoms with van der Waals surface area (Å²) in [6.45, 7) is 1.41. The Balaban J connectivity index is 1.68. The van der Waals surface area contributed by atoms with Gasteiger partial charge in [-0.1, -0.05) is 41.4 Å². The smallest absolute Gasteiger partial charge is 0.0974 e. The Kier molecular flexibility index (Phi) is 4.63. The van der Waals surface area contributed by atoms with Gasteiger partial charge in [-0.2, -0.15) is 0 Å². The van der Waals surface area contributed by atoms with Crippen molar-refractivity contribution < 1.29 is 0 Å². The molecule has 2 aromatic rings. The van der Waals surface area contributed by atoms with Crippen molar-refractivity contribution in [2.24, 2.45) is 0 Å². The van der Waals surface area contributed by atoms with E-state index in [0.29, 0.717) is 16.6 Å². The molecule has 0 aliphatic carbocycles. The molecule has 0 radical (unpaired) electrons. The van der Waals surface area contributed by atoms with E-state index in [1.807, 2.05) is 24.3 Å². The summed E-state index contributed by atoms with van der Waals surface area (Å²) in [6.07, 6.45) is 0.130. The number of nitrogens with one attached hydrogen (secondary N) is 4. The van der Waals surface area contributed by atoms with Crippen molar-refractivity contribution in [3.05, 3.63) is 63.6 Å². The summed E-state index contributed by atoms with van der Waals surface area (Å²) < 4.78 is 0. The first kappa shape index (κ1) is 14.6. The average molecular weight is 323 g/mol. The van der Waals surface area contributed by atoms with Crippen molar-refractivity contribution in [2.45, 2.75) is 12.7 Å². The minimum absolute atomic E-state index is 0.130. The van der Waals surface area contributed by atoms with E-state index in [2.05, 4.69) is 33.6 Å². The minimum Gasteiger partial charge on any atom is -0.381 e. The highest BCUT2D eigenvalue weighted by molar-refractivity contribution is 6.35. The fourth-order valence-corrected chi connectivity index (χ4v) is 2.72. The Hall–Kier alpha value is -1.30. The van der Waals surface area contributed by atoms with Crippen LogP contribution in [-0.4, -0.2) is 6.67 Å². The lowest BCUT2D eigenvalue weighted by molar-refractivity contribution is 0.555. The first-order chi connectivity index (χ1) is 10.2. The van der Waals surface area contributed by atoms with Crippen molar-refractivity contribution in [3.63, 3.8) is 0 Å². The molecule has 1 aliphatic rings. The standard InChI is InChI=1S/C15H16Cl2N4/c16-12-5-4-11(14(17)7-12)8-18-13-3-1-2-10(6-13)15-19-9-20-21-15/h1-7,15,18-21H,8-9H2. The highest BCUT2D eigenvalue weighted by Gasteiger charge is 2.14. The molecule has 110 valence electrons. The first-order valence-electron chi connectivity index (χ1n) is 6.72. The van der Waals surface area contributed by atoms with Gasteiger partial charge in [0, 0.05) is 22.3 Å². The maximum absolute atomic E-state index is 6.18. The molecular weight excluding hydrogens is 307 g/mol. The van der Waals surface area contributed by atoms with Gasteiger partial charge in [-0.25, -0.2) is 10.9 Å². The van der Waals surface area contributed by atoms with Crippen LogP contribution in [-0.2, 0) is 6.54 Å². The Morgan fingerprint density at radius 2 is 2.05 bits per heavy atom. The summed E-state index contributed by atoms with van der Waals surface area (Å²) >= 11 is 12.1. The molecule has 1 unspecified atom stereocenters. The molecule has 1 saturated heterocycles. The molecule has 6 heteroatoms. The first-order valence-corrected chi connectivity index (χ1v) is 7.47. The van der Waals surface area contributed by atoms with Gasteiger partial charge in [0.2, 0.25) is 0 Å². The molecule has 1 atom stereocenters. The molecule has 3 rings (SSSR count). The van der Waals surface area contributed by atoms with Crippen LogP contribution >= 0.6 is 23.2 Å². The number of anilines is 1. The van der Waals surface area contributed by atoms with E-state index < -0.39 is 0 Å². The molecule has 0 bridgehead atoms. The Labute approximate surface area is 133 Å². The Morgan fingerprint density at radius 3 is 2.81 bits per heavy atom. The lowest BCUT2D eigenvalue weighted by atomic mass is 10.1. The summed E-state index contributed by atoms with van der Waals surface area (Å²) in [7, 11) is 0. The zero-order valence-electron chi connectivity index (χ0n) is 11.3. The summed E-state index contributed by atoms with van der Waals surface area (Å²) in [6, 6.07) is 13.8. The van der Waals surface area contributed by atoms with E-state index in [0.717, 1.165) is 17.9 Å². The van der Waals surface area contributed by atoms with Crippen molar-refractivity contribution in [2.75, 3.05) is 12.0 Å². The molecule has 0 aromatic heterocycles. The highest BCUT2D eigenvalue weighted by Crippen LogP contribution is 2.23. The summed E-state index contributed by atoms with van der Waals surface area (Å²) in [5.41, 5.74) is 9.46. The molecule has 21 heavy (non-hydrogen) atoms. The third kappa shape index (κ3) is 3.67. The topological polar surface area (TPSA) is 48.1 Å². The second-order valence-corrected chi connectivity index (χ2v) is 5.69. The Bertz CT molecular complexity index is 627. The predicted molar refractivity (Wildman–Crippen MR) is 87.2 cm³/mol. The van der Waals surface area contributed by atoms with Crippen molar-refractivity contribution in [1.29, 1.82) is 0 Å². The lowest BCUT2D eigenvalue weighted by Gasteiger charge is -2.13. The summed E-state index contributed by atoms with van der Waals surface area (Å²) in [5, 5.41) is 8.01. The number of benzene rings is 2. The molecule has 0 spiro atoms. The monoisotopic (exact) mass is 322 g/mol. The summed E-state index contributed by atoms with van der Waals surface area (Å²) in [5.74, 6) is 0. The van der Waals surface area contributed by atoms with E-state index in [4.69, 9.17) is 23.2 Å². The maximum atomic E-state index is 6.18. The highest BCUT2D eigenvalue weighted by atomic mass is 35.5. The third-order valence-corrected chi connectivity index (χ3v) is 3.95. The van der Waals surface area contributed by atoms with Gasteiger partial charge in [0.05, 0.1) is 12.8 Å². The van der Waals surface area contributed by atoms with Crippen LogP contribution in [0.5, 0.6) is 0 Å². The summed E-state index contributed by atoms with van der Waals surface area (Å²) in [4.78, 5) is 0. The van der Waals surface area contributed by atoms with Crippen LogP contribution in [0.15, 0.2) is 42.5 Å². The SMILES string of the molecule is Clc1ccc(CNc2cccc(C3NCNN3)c2)c(Cl)c1. The van der Waals surface area contributed by atoms with Crippen molar-refractivity contribution >= 4 is 28.9 Å². The number of hydrogen-bond acceptors (Lipinski definition) is 4. The van der Waals surface area contributed by atoms with Crippen LogP contribution in [0.3, 0.4) is 0 Å². The quantitative estimate of drug-likeness (QED) is 0.698. The molecule has 4 nitrogen and oxygen atoms in total. The second-order valence-electron chi connectivity index (χ2n) is 4.85. The van der Waals surface area contributed by atoms with Crippen LogP contribution in [0.25, 0.3) is 0 Å². The van der Waals surface area contributed by atoms with Crippen LogP contribution in [0.1, 0.15) is 17.3 Å². The molecule has 4 N–H and O–H groups in total. The maximum Gasteiger partial charge on any atom is 0.0974 e. The van der Waals surface area contributed by atoms with E-state index in [-0.39, 0.29) is 6.17 Å². The molecule has 1 heterocycles. The normalized spacial score (nSPS) is 17.9. The number of halogens is 2. The van der Waals surface area contributed by atoms with E-state index >= 15 is 0 Å². The third-order valence-electron chi connectivity index (χ3n) is 3.36. The van der Waals surface area contributed by atoms with E-state index in [1.165, 1.54) is 5.56 Å². The molecule has 1 aliphatic heterocycles. The molecular formula is C15H16Cl2N4. The number of hydrogen-bond donors (Lipinski definition) is 4. The predicted octanol–water partition coefficient (Wildman–Crippen LogP) is 3.26. The number of rotatable bonds is 4. The number of hydrazine groups is 1. The van der Waals surface area contributed by atoms with E-state index in [9.17, 15) is 0 Å². The fourth-order valence-electron chi connectivity index (χ4n) is 2.25. The largest absolute Gasteiger partial charge is 0.381 e. The van der Waals surface area contributed by atoms with Gasteiger partial charge in [0.1, 0.15) is 0 Å². The lowest BCUT2D eigenvalue weighted by Crippen LogP contribution is -2.25. The van der Waals surface area contributed by atoms with Crippen LogP contribution < -0.4 is 21.5 Å². The van der Waals surface area contributed by atoms with Gasteiger partial charge in [-0.15, -0.1) is 0 Å². The molecule has 2 aromatic carbocycles. The van der Waals surface area contributed by atoms with Crippen molar-refractivity contribution in [1.82, 2.24) is 16.2 Å². The van der Waals surface area contributed by atoms with Crippen LogP contribution in [0.4, 0.5) is 5.69 Å². The molecule has 0 saturated carbocycles. The van der Waals surface area contributed by atoms with Gasteiger partial charge in [-0.05, 0) is 35.4 Å². The van der Waals surface area contributed by atoms with Gasteiger partial charge >= 0.3 is 0 Å². The van der Waals surface area contributed by atoms with Crippen LogP contribution in [0.2, 0.25) is 10.0 Å².